The molecule has 148 valence electrons. The molecule has 2 N–H and O–H groups in total. The molecular weight excluding hydrogens is 463 g/mol. The third-order valence-electron chi connectivity index (χ3n) is 4.25. The lowest BCUT2D eigenvalue weighted by Gasteiger charge is -2.12. The average Bonchev–Trinajstić information content (AvgIpc) is 3.19. The first-order chi connectivity index (χ1) is 13.1. The second-order valence-corrected chi connectivity index (χ2v) is 6.59. The van der Waals surface area contributed by atoms with Gasteiger partial charge in [0.15, 0.2) is 5.96 Å². The SMILES string of the molecule is CN=C(NCCc1cc(C)cc(C)c1)NCc1ccc(-n2ccnc2)nc1.I. The molecule has 0 amide bonds. The van der Waals surface area contributed by atoms with Gasteiger partial charge in [-0.15, -0.1) is 24.0 Å². The van der Waals surface area contributed by atoms with E-state index in [-0.39, 0.29) is 24.0 Å². The number of pyridine rings is 1. The third-order valence-corrected chi connectivity index (χ3v) is 4.25. The summed E-state index contributed by atoms with van der Waals surface area (Å²) in [6.07, 6.45) is 8.18. The van der Waals surface area contributed by atoms with Gasteiger partial charge in [0.1, 0.15) is 12.1 Å². The second-order valence-electron chi connectivity index (χ2n) is 6.59. The quantitative estimate of drug-likeness (QED) is 0.316. The summed E-state index contributed by atoms with van der Waals surface area (Å²) in [6, 6.07) is 10.7. The number of hydrogen-bond donors (Lipinski definition) is 2. The topological polar surface area (TPSA) is 67.1 Å². The van der Waals surface area contributed by atoms with Crippen LogP contribution in [0, 0.1) is 13.8 Å². The Morgan fingerprint density at radius 1 is 1.07 bits per heavy atom. The Hall–Kier alpha value is -2.42. The Morgan fingerprint density at radius 2 is 1.86 bits per heavy atom. The molecule has 7 heteroatoms. The smallest absolute Gasteiger partial charge is 0.191 e. The van der Waals surface area contributed by atoms with Gasteiger partial charge in [-0.1, -0.05) is 35.4 Å². The molecule has 0 fully saturated rings. The molecular formula is C21H27IN6. The Morgan fingerprint density at radius 3 is 2.46 bits per heavy atom. The van der Waals surface area contributed by atoms with Crippen molar-refractivity contribution < 1.29 is 0 Å². The summed E-state index contributed by atoms with van der Waals surface area (Å²) in [5, 5.41) is 6.70. The fraction of sp³-hybridized carbons (Fsp3) is 0.286. The highest BCUT2D eigenvalue weighted by Crippen LogP contribution is 2.09. The van der Waals surface area contributed by atoms with Crippen molar-refractivity contribution >= 4 is 29.9 Å². The van der Waals surface area contributed by atoms with Gasteiger partial charge in [0.05, 0.1) is 0 Å². The van der Waals surface area contributed by atoms with Crippen molar-refractivity contribution in [2.24, 2.45) is 4.99 Å². The van der Waals surface area contributed by atoms with Gasteiger partial charge in [0.2, 0.25) is 0 Å². The van der Waals surface area contributed by atoms with Crippen LogP contribution >= 0.6 is 24.0 Å². The summed E-state index contributed by atoms with van der Waals surface area (Å²) >= 11 is 0. The molecule has 0 aliphatic heterocycles. The van der Waals surface area contributed by atoms with Crippen molar-refractivity contribution in [2.75, 3.05) is 13.6 Å². The van der Waals surface area contributed by atoms with Crippen LogP contribution in [0.3, 0.4) is 0 Å². The fourth-order valence-electron chi connectivity index (χ4n) is 3.01. The van der Waals surface area contributed by atoms with Crippen LogP contribution in [0.2, 0.25) is 0 Å². The van der Waals surface area contributed by atoms with Crippen LogP contribution in [0.4, 0.5) is 0 Å². The number of halogens is 1. The van der Waals surface area contributed by atoms with Crippen molar-refractivity contribution in [3.63, 3.8) is 0 Å². The average molecular weight is 490 g/mol. The summed E-state index contributed by atoms with van der Waals surface area (Å²) in [7, 11) is 1.78. The van der Waals surface area contributed by atoms with Crippen molar-refractivity contribution in [1.29, 1.82) is 0 Å². The van der Waals surface area contributed by atoms with Gasteiger partial charge < -0.3 is 10.6 Å². The highest BCUT2D eigenvalue weighted by atomic mass is 127. The zero-order valence-electron chi connectivity index (χ0n) is 16.5. The van der Waals surface area contributed by atoms with Crippen molar-refractivity contribution in [3.05, 3.63) is 77.5 Å². The van der Waals surface area contributed by atoms with Gasteiger partial charge in [0, 0.05) is 38.7 Å². The van der Waals surface area contributed by atoms with E-state index in [0.29, 0.717) is 6.54 Å². The molecule has 2 heterocycles. The predicted octanol–water partition coefficient (Wildman–Crippen LogP) is 3.41. The van der Waals surface area contributed by atoms with E-state index >= 15 is 0 Å². The van der Waals surface area contributed by atoms with Crippen LogP contribution < -0.4 is 10.6 Å². The number of hydrogen-bond acceptors (Lipinski definition) is 3. The van der Waals surface area contributed by atoms with Gasteiger partial charge in [-0.3, -0.25) is 9.56 Å². The Balaban J connectivity index is 0.00000280. The predicted molar refractivity (Wildman–Crippen MR) is 125 cm³/mol. The molecule has 6 nitrogen and oxygen atoms in total. The van der Waals surface area contributed by atoms with Crippen molar-refractivity contribution in [3.8, 4) is 5.82 Å². The van der Waals surface area contributed by atoms with E-state index in [1.54, 1.807) is 19.6 Å². The van der Waals surface area contributed by atoms with Crippen LogP contribution in [0.1, 0.15) is 22.3 Å². The van der Waals surface area contributed by atoms with E-state index in [4.69, 9.17) is 0 Å². The third kappa shape index (κ3) is 6.33. The second kappa shape index (κ2) is 10.8. The van der Waals surface area contributed by atoms with Crippen molar-refractivity contribution in [1.82, 2.24) is 25.2 Å². The summed E-state index contributed by atoms with van der Waals surface area (Å²) < 4.78 is 1.88. The zero-order chi connectivity index (χ0) is 19.1. The van der Waals surface area contributed by atoms with E-state index in [1.807, 2.05) is 23.0 Å². The van der Waals surface area contributed by atoms with Crippen LogP contribution in [0.5, 0.6) is 0 Å². The highest BCUT2D eigenvalue weighted by molar-refractivity contribution is 14.0. The van der Waals surface area contributed by atoms with Crippen LogP contribution in [-0.4, -0.2) is 34.1 Å². The number of aliphatic imine (C=N–C) groups is 1. The van der Waals surface area contributed by atoms with Gasteiger partial charge in [-0.25, -0.2) is 9.97 Å². The van der Waals surface area contributed by atoms with Crippen LogP contribution in [-0.2, 0) is 13.0 Å². The van der Waals surface area contributed by atoms with Crippen molar-refractivity contribution in [2.45, 2.75) is 26.8 Å². The summed E-state index contributed by atoms with van der Waals surface area (Å²) in [5.41, 5.74) is 5.05. The van der Waals surface area contributed by atoms with Gasteiger partial charge >= 0.3 is 0 Å². The Labute approximate surface area is 183 Å². The van der Waals surface area contributed by atoms with E-state index in [0.717, 1.165) is 30.3 Å². The number of imidazole rings is 1. The molecule has 3 aromatic rings. The van der Waals surface area contributed by atoms with E-state index in [1.165, 1.54) is 16.7 Å². The molecule has 0 saturated heterocycles. The minimum absolute atomic E-state index is 0. The minimum atomic E-state index is 0. The first-order valence-electron chi connectivity index (χ1n) is 9.09. The number of aryl methyl sites for hydroxylation is 2. The monoisotopic (exact) mass is 490 g/mol. The lowest BCUT2D eigenvalue weighted by atomic mass is 10.1. The van der Waals surface area contributed by atoms with E-state index in [9.17, 15) is 0 Å². The number of aromatic nitrogens is 3. The Bertz CT molecular complexity index is 868. The Kier molecular flexibility index (Phi) is 8.43. The first-order valence-corrected chi connectivity index (χ1v) is 9.09. The maximum absolute atomic E-state index is 4.47. The zero-order valence-corrected chi connectivity index (χ0v) is 18.8. The molecule has 1 aromatic carbocycles. The maximum atomic E-state index is 4.47. The number of rotatable bonds is 6. The van der Waals surface area contributed by atoms with Gasteiger partial charge in [-0.2, -0.15) is 0 Å². The summed E-state index contributed by atoms with van der Waals surface area (Å²) in [6.45, 7) is 5.77. The molecule has 0 aliphatic rings. The van der Waals surface area contributed by atoms with Gasteiger partial charge in [0.25, 0.3) is 0 Å². The highest BCUT2D eigenvalue weighted by Gasteiger charge is 2.02. The minimum Gasteiger partial charge on any atom is -0.356 e. The van der Waals surface area contributed by atoms with Crippen LogP contribution in [0.15, 0.2) is 60.2 Å². The molecule has 28 heavy (non-hydrogen) atoms. The first kappa shape index (κ1) is 21.9. The molecule has 2 aromatic heterocycles. The van der Waals surface area contributed by atoms with E-state index in [2.05, 4.69) is 63.7 Å². The van der Waals surface area contributed by atoms with Gasteiger partial charge in [-0.05, 0) is 37.5 Å². The lowest BCUT2D eigenvalue weighted by molar-refractivity contribution is 0.791. The molecule has 0 spiro atoms. The maximum Gasteiger partial charge on any atom is 0.191 e. The molecule has 0 saturated carbocycles. The molecule has 0 atom stereocenters. The lowest BCUT2D eigenvalue weighted by Crippen LogP contribution is -2.37. The number of guanidine groups is 1. The normalized spacial score (nSPS) is 11.0. The molecule has 0 bridgehead atoms. The summed E-state index contributed by atoms with van der Waals surface area (Å²) in [4.78, 5) is 12.8. The largest absolute Gasteiger partial charge is 0.356 e. The standard InChI is InChI=1S/C21H26N6.HI/c1-16-10-17(2)12-18(11-16)6-7-24-21(22-3)26-14-19-4-5-20(25-13-19)27-9-8-23-15-27;/h4-5,8-13,15H,6-7,14H2,1-3H3,(H2,22,24,26);1H. The van der Waals surface area contributed by atoms with Crippen LogP contribution in [0.25, 0.3) is 5.82 Å². The van der Waals surface area contributed by atoms with E-state index < -0.39 is 0 Å². The molecule has 0 unspecified atom stereocenters. The molecule has 0 aliphatic carbocycles. The molecule has 0 radical (unpaired) electrons. The number of nitrogens with one attached hydrogen (secondary N) is 2. The number of benzene rings is 1. The number of nitrogens with zero attached hydrogens (tertiary/aromatic N) is 4. The fourth-order valence-corrected chi connectivity index (χ4v) is 3.01. The summed E-state index contributed by atoms with van der Waals surface area (Å²) in [5.74, 6) is 1.64. The molecule has 3 rings (SSSR count).